The van der Waals surface area contributed by atoms with Crippen LogP contribution >= 0.6 is 11.8 Å². The highest BCUT2D eigenvalue weighted by Gasteiger charge is 2.22. The minimum absolute atomic E-state index is 0.294. The molecule has 1 heterocycles. The smallest absolute Gasteiger partial charge is 0.127 e. The van der Waals surface area contributed by atoms with Crippen LogP contribution in [0.5, 0.6) is 11.5 Å². The third-order valence-corrected chi connectivity index (χ3v) is 4.45. The summed E-state index contributed by atoms with van der Waals surface area (Å²) in [7, 11) is 1.95. The van der Waals surface area contributed by atoms with E-state index in [0.29, 0.717) is 19.3 Å². The summed E-state index contributed by atoms with van der Waals surface area (Å²) in [6.07, 6.45) is 0. The van der Waals surface area contributed by atoms with E-state index in [0.717, 1.165) is 17.3 Å². The van der Waals surface area contributed by atoms with Crippen LogP contribution in [-0.2, 0) is 0 Å². The highest BCUT2D eigenvalue weighted by atomic mass is 32.2. The normalized spacial score (nSPS) is 16.3. The summed E-state index contributed by atoms with van der Waals surface area (Å²) >= 11 is 1.80. The molecule has 110 valence electrons. The van der Waals surface area contributed by atoms with Crippen molar-refractivity contribution in [3.63, 3.8) is 0 Å². The molecule has 0 saturated heterocycles. The molecule has 2 aromatic rings. The summed E-state index contributed by atoms with van der Waals surface area (Å²) in [6, 6.07) is 16.8. The van der Waals surface area contributed by atoms with Gasteiger partial charge in [-0.25, -0.2) is 0 Å². The monoisotopic (exact) mass is 301 g/mol. The number of ether oxygens (including phenoxy) is 2. The van der Waals surface area contributed by atoms with Crippen LogP contribution < -0.4 is 14.8 Å². The van der Waals surface area contributed by atoms with Crippen LogP contribution in [0.25, 0.3) is 0 Å². The molecule has 0 amide bonds. The number of thioether (sulfide) groups is 1. The van der Waals surface area contributed by atoms with Gasteiger partial charge in [-0.15, -0.1) is 11.8 Å². The maximum Gasteiger partial charge on any atom is 0.127 e. The van der Waals surface area contributed by atoms with Crippen LogP contribution in [-0.4, -0.2) is 26.0 Å². The molecule has 2 aromatic carbocycles. The Morgan fingerprint density at radius 2 is 2.10 bits per heavy atom. The maximum absolute atomic E-state index is 5.80. The zero-order chi connectivity index (χ0) is 14.5. The van der Waals surface area contributed by atoms with Gasteiger partial charge in [0.1, 0.15) is 18.1 Å². The van der Waals surface area contributed by atoms with E-state index in [4.69, 9.17) is 9.47 Å². The molecule has 0 radical (unpaired) electrons. The molecular formula is C17H19NO2S. The molecule has 4 heteroatoms. The molecule has 0 fully saturated rings. The summed E-state index contributed by atoms with van der Waals surface area (Å²) in [5.41, 5.74) is 1.21. The van der Waals surface area contributed by atoms with Gasteiger partial charge in [-0.2, -0.15) is 0 Å². The standard InChI is InChI=1S/C17H19NO2S/c1-18-16-12-20-17-11-13(7-8-15(16)17)19-9-10-21-14-5-3-2-4-6-14/h2-8,11,16,18H,9-10,12H2,1H3. The van der Waals surface area contributed by atoms with Gasteiger partial charge in [-0.3, -0.25) is 0 Å². The highest BCUT2D eigenvalue weighted by Crippen LogP contribution is 2.35. The first kappa shape index (κ1) is 14.3. The Morgan fingerprint density at radius 3 is 2.90 bits per heavy atom. The van der Waals surface area contributed by atoms with E-state index in [-0.39, 0.29) is 0 Å². The average Bonchev–Trinajstić information content (AvgIpc) is 2.95. The van der Waals surface area contributed by atoms with Gasteiger partial charge in [0.15, 0.2) is 0 Å². The van der Waals surface area contributed by atoms with E-state index in [1.807, 2.05) is 25.2 Å². The third-order valence-electron chi connectivity index (χ3n) is 3.48. The molecule has 1 aliphatic heterocycles. The van der Waals surface area contributed by atoms with Gasteiger partial charge in [-0.1, -0.05) is 18.2 Å². The first-order chi connectivity index (χ1) is 10.4. The average molecular weight is 301 g/mol. The summed E-state index contributed by atoms with van der Waals surface area (Å²) < 4.78 is 11.5. The molecule has 0 aliphatic carbocycles. The van der Waals surface area contributed by atoms with E-state index in [9.17, 15) is 0 Å². The lowest BCUT2D eigenvalue weighted by molar-refractivity contribution is 0.313. The SMILES string of the molecule is CNC1COc2cc(OCCSc3ccccc3)ccc21. The molecule has 3 rings (SSSR count). The van der Waals surface area contributed by atoms with Crippen molar-refractivity contribution in [2.24, 2.45) is 0 Å². The molecule has 0 bridgehead atoms. The second-order valence-electron chi connectivity index (χ2n) is 4.86. The summed E-state index contributed by atoms with van der Waals surface area (Å²) in [4.78, 5) is 1.27. The Labute approximate surface area is 129 Å². The predicted molar refractivity (Wildman–Crippen MR) is 86.4 cm³/mol. The number of fused-ring (bicyclic) bond motifs is 1. The fourth-order valence-corrected chi connectivity index (χ4v) is 3.11. The van der Waals surface area contributed by atoms with Crippen molar-refractivity contribution in [2.75, 3.05) is 26.0 Å². The fraction of sp³-hybridized carbons (Fsp3) is 0.294. The minimum atomic E-state index is 0.294. The lowest BCUT2D eigenvalue weighted by atomic mass is 10.1. The number of hydrogen-bond acceptors (Lipinski definition) is 4. The van der Waals surface area contributed by atoms with Crippen molar-refractivity contribution in [1.82, 2.24) is 5.32 Å². The van der Waals surface area contributed by atoms with Gasteiger partial charge >= 0.3 is 0 Å². The van der Waals surface area contributed by atoms with Crippen LogP contribution in [0.1, 0.15) is 11.6 Å². The van der Waals surface area contributed by atoms with E-state index in [2.05, 4.69) is 35.6 Å². The fourth-order valence-electron chi connectivity index (χ4n) is 2.35. The van der Waals surface area contributed by atoms with Gasteiger partial charge < -0.3 is 14.8 Å². The molecule has 1 N–H and O–H groups in total. The van der Waals surface area contributed by atoms with Crippen molar-refractivity contribution in [1.29, 1.82) is 0 Å². The number of benzene rings is 2. The van der Waals surface area contributed by atoms with Gasteiger partial charge in [0.05, 0.1) is 12.6 Å². The summed E-state index contributed by atoms with van der Waals surface area (Å²) in [5.74, 6) is 2.74. The Hall–Kier alpha value is -1.65. The molecule has 3 nitrogen and oxygen atoms in total. The van der Waals surface area contributed by atoms with Crippen molar-refractivity contribution in [3.8, 4) is 11.5 Å². The highest BCUT2D eigenvalue weighted by molar-refractivity contribution is 7.99. The topological polar surface area (TPSA) is 30.5 Å². The van der Waals surface area contributed by atoms with Crippen LogP contribution in [0, 0.1) is 0 Å². The predicted octanol–water partition coefficient (Wildman–Crippen LogP) is 3.51. The molecule has 0 aromatic heterocycles. The van der Waals surface area contributed by atoms with E-state index >= 15 is 0 Å². The van der Waals surface area contributed by atoms with Gasteiger partial charge in [0, 0.05) is 22.3 Å². The van der Waals surface area contributed by atoms with Crippen molar-refractivity contribution >= 4 is 11.8 Å². The largest absolute Gasteiger partial charge is 0.493 e. The van der Waals surface area contributed by atoms with E-state index in [1.54, 1.807) is 11.8 Å². The first-order valence-corrected chi connectivity index (χ1v) is 8.10. The number of likely N-dealkylation sites (N-methyl/N-ethyl adjacent to an activating group) is 1. The van der Waals surface area contributed by atoms with Crippen LogP contribution in [0.2, 0.25) is 0 Å². The molecular weight excluding hydrogens is 282 g/mol. The van der Waals surface area contributed by atoms with Crippen LogP contribution in [0.4, 0.5) is 0 Å². The lowest BCUT2D eigenvalue weighted by Gasteiger charge is -2.09. The summed E-state index contributed by atoms with van der Waals surface area (Å²) in [5, 5.41) is 3.24. The molecule has 0 saturated carbocycles. The number of rotatable bonds is 6. The number of nitrogens with one attached hydrogen (secondary N) is 1. The quantitative estimate of drug-likeness (QED) is 0.653. The molecule has 1 atom stereocenters. The first-order valence-electron chi connectivity index (χ1n) is 7.11. The molecule has 0 spiro atoms. The Balaban J connectivity index is 1.50. The second-order valence-corrected chi connectivity index (χ2v) is 6.03. The maximum atomic E-state index is 5.80. The third kappa shape index (κ3) is 3.52. The van der Waals surface area contributed by atoms with Crippen molar-refractivity contribution < 1.29 is 9.47 Å². The van der Waals surface area contributed by atoms with Crippen LogP contribution in [0.3, 0.4) is 0 Å². The van der Waals surface area contributed by atoms with Crippen molar-refractivity contribution in [2.45, 2.75) is 10.9 Å². The molecule has 21 heavy (non-hydrogen) atoms. The zero-order valence-corrected chi connectivity index (χ0v) is 12.9. The summed E-state index contributed by atoms with van der Waals surface area (Å²) in [6.45, 7) is 1.38. The van der Waals surface area contributed by atoms with Gasteiger partial charge in [0.25, 0.3) is 0 Å². The zero-order valence-electron chi connectivity index (χ0n) is 12.0. The van der Waals surface area contributed by atoms with Crippen LogP contribution in [0.15, 0.2) is 53.4 Å². The Morgan fingerprint density at radius 1 is 1.24 bits per heavy atom. The van der Waals surface area contributed by atoms with Crippen molar-refractivity contribution in [3.05, 3.63) is 54.1 Å². The Kier molecular flexibility index (Phi) is 4.68. The Bertz CT molecular complexity index is 589. The second kappa shape index (κ2) is 6.87. The lowest BCUT2D eigenvalue weighted by Crippen LogP contribution is -2.17. The molecule has 1 aliphatic rings. The van der Waals surface area contributed by atoms with E-state index in [1.165, 1.54) is 10.5 Å². The van der Waals surface area contributed by atoms with Gasteiger partial charge in [0.2, 0.25) is 0 Å². The van der Waals surface area contributed by atoms with Gasteiger partial charge in [-0.05, 0) is 31.3 Å². The number of hydrogen-bond donors (Lipinski definition) is 1. The minimum Gasteiger partial charge on any atom is -0.493 e. The molecule has 1 unspecified atom stereocenters. The van der Waals surface area contributed by atoms with E-state index < -0.39 is 0 Å².